The number of hydrogen-bond donors (Lipinski definition) is 1. The van der Waals surface area contributed by atoms with Crippen LogP contribution in [0, 0.1) is 0 Å². The van der Waals surface area contributed by atoms with Gasteiger partial charge in [-0.3, -0.25) is 4.79 Å². The summed E-state index contributed by atoms with van der Waals surface area (Å²) in [6, 6.07) is 12.8. The minimum absolute atomic E-state index is 0.111. The Morgan fingerprint density at radius 2 is 2.15 bits per heavy atom. The normalized spacial score (nSPS) is 16.9. The van der Waals surface area contributed by atoms with Crippen molar-refractivity contribution in [3.05, 3.63) is 53.1 Å². The first-order chi connectivity index (χ1) is 12.7. The lowest BCUT2D eigenvalue weighted by atomic mass is 10.1. The monoisotopic (exact) mass is 391 g/mol. The van der Waals surface area contributed by atoms with Gasteiger partial charge in [0.2, 0.25) is 0 Å². The van der Waals surface area contributed by atoms with Crippen molar-refractivity contribution in [1.82, 2.24) is 0 Å². The number of anilines is 1. The average Bonchev–Trinajstić information content (AvgIpc) is 2.68. The molecule has 4 nitrogen and oxygen atoms in total. The smallest absolute Gasteiger partial charge is 0.257 e. The maximum atomic E-state index is 12.7. The Morgan fingerprint density at radius 3 is 2.92 bits per heavy atom. The zero-order chi connectivity index (χ0) is 18.4. The van der Waals surface area contributed by atoms with E-state index in [4.69, 9.17) is 21.1 Å². The van der Waals surface area contributed by atoms with Gasteiger partial charge in [0, 0.05) is 11.5 Å². The first kappa shape index (κ1) is 19.1. The predicted molar refractivity (Wildman–Crippen MR) is 107 cm³/mol. The van der Waals surface area contributed by atoms with Crippen LogP contribution in [-0.2, 0) is 4.74 Å². The van der Waals surface area contributed by atoms with Crippen molar-refractivity contribution >= 4 is 35.0 Å². The third kappa shape index (κ3) is 4.93. The van der Waals surface area contributed by atoms with Gasteiger partial charge in [-0.2, -0.15) is 0 Å². The number of thioether (sulfide) groups is 1. The van der Waals surface area contributed by atoms with Gasteiger partial charge in [0.25, 0.3) is 5.91 Å². The second kappa shape index (κ2) is 9.31. The highest BCUT2D eigenvalue weighted by Gasteiger charge is 2.17. The molecule has 2 aromatic rings. The summed E-state index contributed by atoms with van der Waals surface area (Å²) in [4.78, 5) is 13.7. The Morgan fingerprint density at radius 1 is 1.31 bits per heavy atom. The van der Waals surface area contributed by atoms with E-state index in [1.54, 1.807) is 23.9 Å². The van der Waals surface area contributed by atoms with Crippen LogP contribution in [0.25, 0.3) is 0 Å². The molecular weight excluding hydrogens is 370 g/mol. The van der Waals surface area contributed by atoms with Crippen LogP contribution in [0.1, 0.15) is 29.6 Å². The quantitative estimate of drug-likeness (QED) is 0.682. The van der Waals surface area contributed by atoms with E-state index in [0.717, 1.165) is 30.8 Å². The summed E-state index contributed by atoms with van der Waals surface area (Å²) in [5, 5.41) is 3.33. The number of ether oxygens (including phenoxy) is 2. The highest BCUT2D eigenvalue weighted by Crippen LogP contribution is 2.28. The van der Waals surface area contributed by atoms with Crippen LogP contribution in [0.5, 0.6) is 5.75 Å². The largest absolute Gasteiger partial charge is 0.489 e. The zero-order valence-corrected chi connectivity index (χ0v) is 16.2. The molecule has 0 radical (unpaired) electrons. The predicted octanol–water partition coefficient (Wildman–Crippen LogP) is 5.26. The highest BCUT2D eigenvalue weighted by atomic mass is 35.5. The summed E-state index contributed by atoms with van der Waals surface area (Å²) in [5.41, 5.74) is 1.07. The lowest BCUT2D eigenvalue weighted by molar-refractivity contribution is -0.0109. The Labute approximate surface area is 163 Å². The Bertz CT molecular complexity index is 762. The van der Waals surface area contributed by atoms with Gasteiger partial charge in [-0.1, -0.05) is 23.7 Å². The van der Waals surface area contributed by atoms with Gasteiger partial charge in [-0.15, -0.1) is 11.8 Å². The molecule has 0 saturated carbocycles. The lowest BCUT2D eigenvalue weighted by Gasteiger charge is -2.23. The third-order valence-electron chi connectivity index (χ3n) is 4.25. The number of nitrogens with one attached hydrogen (secondary N) is 1. The van der Waals surface area contributed by atoms with Crippen LogP contribution in [0.4, 0.5) is 5.69 Å². The molecule has 26 heavy (non-hydrogen) atoms. The molecule has 6 heteroatoms. The molecule has 3 rings (SSSR count). The van der Waals surface area contributed by atoms with Crippen LogP contribution < -0.4 is 10.1 Å². The topological polar surface area (TPSA) is 47.6 Å². The molecule has 1 amide bonds. The van der Waals surface area contributed by atoms with Crippen LogP contribution in [0.3, 0.4) is 0 Å². The summed E-state index contributed by atoms with van der Waals surface area (Å²) in [7, 11) is 0. The van der Waals surface area contributed by atoms with Crippen molar-refractivity contribution in [3.8, 4) is 5.75 Å². The van der Waals surface area contributed by atoms with Crippen LogP contribution in [-0.4, -0.2) is 31.5 Å². The van der Waals surface area contributed by atoms with Gasteiger partial charge in [-0.25, -0.2) is 0 Å². The van der Waals surface area contributed by atoms with Gasteiger partial charge in [-0.05, 0) is 55.9 Å². The van der Waals surface area contributed by atoms with E-state index in [1.807, 2.05) is 36.6 Å². The molecule has 0 bridgehead atoms. The first-order valence-corrected chi connectivity index (χ1v) is 10.3. The third-order valence-corrected chi connectivity index (χ3v) is 5.31. The number of benzene rings is 2. The minimum atomic E-state index is -0.254. The molecule has 2 aromatic carbocycles. The van der Waals surface area contributed by atoms with Crippen molar-refractivity contribution in [2.75, 3.05) is 24.8 Å². The Kier molecular flexibility index (Phi) is 6.83. The number of hydrogen-bond acceptors (Lipinski definition) is 4. The molecule has 0 spiro atoms. The maximum absolute atomic E-state index is 12.7. The van der Waals surface area contributed by atoms with Gasteiger partial charge in [0.1, 0.15) is 12.4 Å². The minimum Gasteiger partial charge on any atom is -0.489 e. The van der Waals surface area contributed by atoms with Crippen molar-refractivity contribution in [3.63, 3.8) is 0 Å². The molecule has 138 valence electrons. The molecule has 1 fully saturated rings. The summed E-state index contributed by atoms with van der Waals surface area (Å²) in [6.07, 6.45) is 5.35. The van der Waals surface area contributed by atoms with Gasteiger partial charge >= 0.3 is 0 Å². The van der Waals surface area contributed by atoms with Crippen molar-refractivity contribution in [2.24, 2.45) is 0 Å². The average molecular weight is 392 g/mol. The van der Waals surface area contributed by atoms with E-state index >= 15 is 0 Å². The fourth-order valence-electron chi connectivity index (χ4n) is 2.81. The van der Waals surface area contributed by atoms with E-state index < -0.39 is 0 Å². The molecular formula is C20H22ClNO3S. The van der Waals surface area contributed by atoms with Crippen molar-refractivity contribution in [2.45, 2.75) is 30.3 Å². The number of halogens is 1. The van der Waals surface area contributed by atoms with Gasteiger partial charge < -0.3 is 14.8 Å². The first-order valence-electron chi connectivity index (χ1n) is 8.65. The van der Waals surface area contributed by atoms with Crippen molar-refractivity contribution in [1.29, 1.82) is 0 Å². The second-order valence-corrected chi connectivity index (χ2v) is 7.38. The maximum Gasteiger partial charge on any atom is 0.257 e. The summed E-state index contributed by atoms with van der Waals surface area (Å²) < 4.78 is 11.6. The summed E-state index contributed by atoms with van der Waals surface area (Å²) in [5.74, 6) is 0.378. The van der Waals surface area contributed by atoms with E-state index in [0.29, 0.717) is 28.6 Å². The van der Waals surface area contributed by atoms with Gasteiger partial charge in [0.05, 0.1) is 22.4 Å². The van der Waals surface area contributed by atoms with Gasteiger partial charge in [0.15, 0.2) is 0 Å². The highest BCUT2D eigenvalue weighted by molar-refractivity contribution is 7.98. The number of amides is 1. The molecule has 1 atom stereocenters. The standard InChI is InChI=1S/C20H22ClNO3S/c1-26-15-9-10-17(21)16(12-15)20(23)22-18-7-2-3-8-19(18)25-13-14-6-4-5-11-24-14/h2-3,7-10,12,14H,4-6,11,13H2,1H3,(H,22,23). The second-order valence-electron chi connectivity index (χ2n) is 6.10. The lowest BCUT2D eigenvalue weighted by Crippen LogP contribution is -2.26. The number of carbonyl (C=O) groups excluding carboxylic acids is 1. The Hall–Kier alpha value is -1.69. The molecule has 1 saturated heterocycles. The van der Waals surface area contributed by atoms with Crippen LogP contribution in [0.2, 0.25) is 5.02 Å². The van der Waals surface area contributed by atoms with E-state index in [1.165, 1.54) is 0 Å². The van der Waals surface area contributed by atoms with E-state index in [2.05, 4.69) is 5.32 Å². The number of rotatable bonds is 6. The summed E-state index contributed by atoms with van der Waals surface area (Å²) >= 11 is 7.76. The molecule has 1 heterocycles. The number of carbonyl (C=O) groups is 1. The van der Waals surface area contributed by atoms with E-state index in [9.17, 15) is 4.79 Å². The molecule has 0 aromatic heterocycles. The van der Waals surface area contributed by atoms with Crippen LogP contribution in [0.15, 0.2) is 47.4 Å². The SMILES string of the molecule is CSc1ccc(Cl)c(C(=O)Nc2ccccc2OCC2CCCCO2)c1. The molecule has 0 aliphatic carbocycles. The van der Waals surface area contributed by atoms with Crippen LogP contribution >= 0.6 is 23.4 Å². The number of para-hydroxylation sites is 2. The molecule has 1 aliphatic rings. The Balaban J connectivity index is 1.70. The van der Waals surface area contributed by atoms with Crippen molar-refractivity contribution < 1.29 is 14.3 Å². The molecule has 1 N–H and O–H groups in total. The summed E-state index contributed by atoms with van der Waals surface area (Å²) in [6.45, 7) is 1.27. The molecule has 1 aliphatic heterocycles. The zero-order valence-electron chi connectivity index (χ0n) is 14.7. The fourth-order valence-corrected chi connectivity index (χ4v) is 3.46. The van der Waals surface area contributed by atoms with E-state index in [-0.39, 0.29) is 12.0 Å². The fraction of sp³-hybridized carbons (Fsp3) is 0.350. The molecule has 1 unspecified atom stereocenters.